The molecule has 1 saturated carbocycles. The zero-order valence-corrected chi connectivity index (χ0v) is 12.6. The van der Waals surface area contributed by atoms with E-state index in [2.05, 4.69) is 42.1 Å². The summed E-state index contributed by atoms with van der Waals surface area (Å²) in [5, 5.41) is 8.03. The molecule has 0 radical (unpaired) electrons. The number of nitrogens with zero attached hydrogens (tertiary/aromatic N) is 2. The van der Waals surface area contributed by atoms with Crippen molar-refractivity contribution in [3.63, 3.8) is 0 Å². The summed E-state index contributed by atoms with van der Waals surface area (Å²) in [5.74, 6) is 0. The van der Waals surface area contributed by atoms with E-state index in [0.29, 0.717) is 12.1 Å². The first-order valence-electron chi connectivity index (χ1n) is 7.29. The molecule has 4 heteroatoms. The van der Waals surface area contributed by atoms with Crippen LogP contribution in [-0.4, -0.2) is 28.5 Å². The Morgan fingerprint density at radius 3 is 2.89 bits per heavy atom. The molecule has 1 aromatic heterocycles. The average molecular weight is 265 g/mol. The van der Waals surface area contributed by atoms with Gasteiger partial charge in [0, 0.05) is 31.0 Å². The molecule has 0 saturated heterocycles. The molecule has 0 aliphatic heterocycles. The van der Waals surface area contributed by atoms with Crippen LogP contribution in [0.4, 0.5) is 0 Å². The van der Waals surface area contributed by atoms with E-state index in [9.17, 15) is 0 Å². The van der Waals surface area contributed by atoms with Crippen molar-refractivity contribution in [2.45, 2.75) is 70.7 Å². The van der Waals surface area contributed by atoms with Crippen LogP contribution < -0.4 is 5.32 Å². The molecule has 1 aromatic rings. The van der Waals surface area contributed by atoms with Gasteiger partial charge in [-0.2, -0.15) is 5.10 Å². The van der Waals surface area contributed by atoms with Crippen molar-refractivity contribution in [1.29, 1.82) is 0 Å². The van der Waals surface area contributed by atoms with Gasteiger partial charge in [0.1, 0.15) is 0 Å². The third kappa shape index (κ3) is 4.32. The van der Waals surface area contributed by atoms with Crippen molar-refractivity contribution < 1.29 is 4.74 Å². The van der Waals surface area contributed by atoms with E-state index < -0.39 is 0 Å². The van der Waals surface area contributed by atoms with Gasteiger partial charge in [-0.3, -0.25) is 4.68 Å². The molecule has 4 nitrogen and oxygen atoms in total. The average Bonchev–Trinajstić information content (AvgIpc) is 2.84. The van der Waals surface area contributed by atoms with Gasteiger partial charge in [0.2, 0.25) is 0 Å². The van der Waals surface area contributed by atoms with Crippen LogP contribution in [0.15, 0.2) is 12.4 Å². The number of ether oxygens (including phenoxy) is 1. The molecule has 1 aliphatic carbocycles. The predicted octanol–water partition coefficient (Wildman–Crippen LogP) is 2.90. The van der Waals surface area contributed by atoms with Crippen LogP contribution in [0.1, 0.15) is 58.1 Å². The SMILES string of the molecule is COC1CCCC(n2cc(CNC(C)(C)C)cn2)C1. The first-order valence-corrected chi connectivity index (χ1v) is 7.29. The number of aromatic nitrogens is 2. The lowest BCUT2D eigenvalue weighted by Gasteiger charge is -2.28. The summed E-state index contributed by atoms with van der Waals surface area (Å²) in [6.07, 6.45) is 9.29. The molecule has 0 spiro atoms. The lowest BCUT2D eigenvalue weighted by Crippen LogP contribution is -2.34. The van der Waals surface area contributed by atoms with Crippen molar-refractivity contribution in [3.05, 3.63) is 18.0 Å². The van der Waals surface area contributed by atoms with Crippen LogP contribution in [0, 0.1) is 0 Å². The Kier molecular flexibility index (Phi) is 4.63. The zero-order chi connectivity index (χ0) is 13.9. The quantitative estimate of drug-likeness (QED) is 0.910. The molecular formula is C15H27N3O. The Morgan fingerprint density at radius 1 is 1.42 bits per heavy atom. The summed E-state index contributed by atoms with van der Waals surface area (Å²) in [5.41, 5.74) is 1.41. The fourth-order valence-corrected chi connectivity index (χ4v) is 2.61. The van der Waals surface area contributed by atoms with Crippen molar-refractivity contribution in [3.8, 4) is 0 Å². The third-order valence-corrected chi connectivity index (χ3v) is 3.78. The number of nitrogens with one attached hydrogen (secondary N) is 1. The summed E-state index contributed by atoms with van der Waals surface area (Å²) in [6, 6.07) is 0.502. The van der Waals surface area contributed by atoms with Crippen LogP contribution in [-0.2, 0) is 11.3 Å². The van der Waals surface area contributed by atoms with E-state index in [0.717, 1.165) is 13.0 Å². The van der Waals surface area contributed by atoms with E-state index in [4.69, 9.17) is 4.74 Å². The molecule has 1 fully saturated rings. The summed E-state index contributed by atoms with van der Waals surface area (Å²) in [4.78, 5) is 0. The minimum absolute atomic E-state index is 0.147. The van der Waals surface area contributed by atoms with Crippen LogP contribution >= 0.6 is 0 Å². The Labute approximate surface area is 116 Å². The fourth-order valence-electron chi connectivity index (χ4n) is 2.61. The molecule has 1 N–H and O–H groups in total. The molecule has 108 valence electrons. The molecule has 1 aliphatic rings. The fraction of sp³-hybridized carbons (Fsp3) is 0.800. The van der Waals surface area contributed by atoms with E-state index in [1.807, 2.05) is 13.3 Å². The number of methoxy groups -OCH3 is 1. The summed E-state index contributed by atoms with van der Waals surface area (Å²) < 4.78 is 7.62. The van der Waals surface area contributed by atoms with Crippen LogP contribution in [0.25, 0.3) is 0 Å². The van der Waals surface area contributed by atoms with Gasteiger partial charge in [-0.25, -0.2) is 0 Å². The van der Waals surface area contributed by atoms with Crippen LogP contribution in [0.3, 0.4) is 0 Å². The van der Waals surface area contributed by atoms with E-state index in [1.165, 1.54) is 24.8 Å². The second-order valence-corrected chi connectivity index (χ2v) is 6.61. The van der Waals surface area contributed by atoms with Crippen LogP contribution in [0.5, 0.6) is 0 Å². The van der Waals surface area contributed by atoms with Gasteiger partial charge in [-0.1, -0.05) is 0 Å². The Balaban J connectivity index is 1.93. The second-order valence-electron chi connectivity index (χ2n) is 6.61. The van der Waals surface area contributed by atoms with Gasteiger partial charge in [-0.15, -0.1) is 0 Å². The van der Waals surface area contributed by atoms with Crippen molar-refractivity contribution in [2.24, 2.45) is 0 Å². The highest BCUT2D eigenvalue weighted by atomic mass is 16.5. The highest BCUT2D eigenvalue weighted by Gasteiger charge is 2.23. The topological polar surface area (TPSA) is 39.1 Å². The Hall–Kier alpha value is -0.870. The summed E-state index contributed by atoms with van der Waals surface area (Å²) in [7, 11) is 1.81. The van der Waals surface area contributed by atoms with E-state index >= 15 is 0 Å². The third-order valence-electron chi connectivity index (χ3n) is 3.78. The van der Waals surface area contributed by atoms with Gasteiger partial charge in [0.25, 0.3) is 0 Å². The summed E-state index contributed by atoms with van der Waals surface area (Å²) in [6.45, 7) is 7.43. The second kappa shape index (κ2) is 6.06. The highest BCUT2D eigenvalue weighted by molar-refractivity contribution is 5.05. The maximum Gasteiger partial charge on any atom is 0.0591 e. The van der Waals surface area contributed by atoms with Crippen LogP contribution in [0.2, 0.25) is 0 Å². The molecule has 0 amide bonds. The number of hydrogen-bond acceptors (Lipinski definition) is 3. The normalized spacial score (nSPS) is 24.6. The van der Waals surface area contributed by atoms with Gasteiger partial charge < -0.3 is 10.1 Å². The van der Waals surface area contributed by atoms with E-state index in [1.54, 1.807) is 0 Å². The largest absolute Gasteiger partial charge is 0.381 e. The first-order chi connectivity index (χ1) is 8.98. The first kappa shape index (κ1) is 14.5. The number of hydrogen-bond donors (Lipinski definition) is 1. The molecular weight excluding hydrogens is 238 g/mol. The maximum absolute atomic E-state index is 5.49. The predicted molar refractivity (Wildman–Crippen MR) is 77.1 cm³/mol. The molecule has 0 aromatic carbocycles. The lowest BCUT2D eigenvalue weighted by atomic mass is 9.93. The lowest BCUT2D eigenvalue weighted by molar-refractivity contribution is 0.0508. The molecule has 2 atom stereocenters. The molecule has 19 heavy (non-hydrogen) atoms. The minimum atomic E-state index is 0.147. The van der Waals surface area contributed by atoms with E-state index in [-0.39, 0.29) is 5.54 Å². The number of rotatable bonds is 4. The standard InChI is InChI=1S/C15H27N3O/c1-15(2,3)16-9-12-10-17-18(11-12)13-6-5-7-14(8-13)19-4/h10-11,13-14,16H,5-9H2,1-4H3. The van der Waals surface area contributed by atoms with Gasteiger partial charge in [0.05, 0.1) is 18.3 Å². The van der Waals surface area contributed by atoms with Gasteiger partial charge in [-0.05, 0) is 46.5 Å². The van der Waals surface area contributed by atoms with Gasteiger partial charge in [0.15, 0.2) is 0 Å². The Bertz CT molecular complexity index is 394. The zero-order valence-electron chi connectivity index (χ0n) is 12.6. The van der Waals surface area contributed by atoms with Crippen molar-refractivity contribution in [2.75, 3.05) is 7.11 Å². The molecule has 2 rings (SSSR count). The molecule has 2 unspecified atom stereocenters. The highest BCUT2D eigenvalue weighted by Crippen LogP contribution is 2.29. The maximum atomic E-state index is 5.49. The van der Waals surface area contributed by atoms with Gasteiger partial charge >= 0.3 is 0 Å². The Morgan fingerprint density at radius 2 is 2.21 bits per heavy atom. The van der Waals surface area contributed by atoms with Crippen molar-refractivity contribution in [1.82, 2.24) is 15.1 Å². The molecule has 0 bridgehead atoms. The van der Waals surface area contributed by atoms with Crippen molar-refractivity contribution >= 4 is 0 Å². The summed E-state index contributed by atoms with van der Waals surface area (Å²) >= 11 is 0. The monoisotopic (exact) mass is 265 g/mol. The smallest absolute Gasteiger partial charge is 0.0591 e. The molecule has 1 heterocycles. The minimum Gasteiger partial charge on any atom is -0.381 e.